The van der Waals surface area contributed by atoms with Gasteiger partial charge in [-0.15, -0.1) is 0 Å². The van der Waals surface area contributed by atoms with E-state index in [2.05, 4.69) is 31.9 Å². The zero-order valence-corrected chi connectivity index (χ0v) is 13.5. The van der Waals surface area contributed by atoms with Gasteiger partial charge in [0.2, 0.25) is 0 Å². The van der Waals surface area contributed by atoms with Crippen LogP contribution in [0.1, 0.15) is 11.1 Å². The van der Waals surface area contributed by atoms with Gasteiger partial charge in [0.1, 0.15) is 12.4 Å². The highest BCUT2D eigenvalue weighted by Gasteiger charge is 2.14. The van der Waals surface area contributed by atoms with Crippen LogP contribution in [0.2, 0.25) is 0 Å². The summed E-state index contributed by atoms with van der Waals surface area (Å²) in [6, 6.07) is 10.6. The van der Waals surface area contributed by atoms with E-state index in [4.69, 9.17) is 15.9 Å². The first kappa shape index (κ1) is 15.0. The number of ether oxygens (including phenoxy) is 1. The predicted molar refractivity (Wildman–Crippen MR) is 83.6 cm³/mol. The largest absolute Gasteiger partial charge is 0.486 e. The SMILES string of the molecule is N=C(N)c1ccc(OCc2ccc(Br)cc2)c(F)c1Br. The van der Waals surface area contributed by atoms with Gasteiger partial charge >= 0.3 is 0 Å². The van der Waals surface area contributed by atoms with Crippen LogP contribution >= 0.6 is 31.9 Å². The predicted octanol–water partition coefficient (Wildman–Crippen LogP) is 4.21. The number of hydrogen-bond donors (Lipinski definition) is 2. The Morgan fingerprint density at radius 2 is 1.80 bits per heavy atom. The number of hydrogen-bond acceptors (Lipinski definition) is 2. The van der Waals surface area contributed by atoms with Crippen LogP contribution in [-0.2, 0) is 6.61 Å². The number of halogens is 3. The van der Waals surface area contributed by atoms with Crippen molar-refractivity contribution in [2.24, 2.45) is 5.73 Å². The van der Waals surface area contributed by atoms with E-state index >= 15 is 0 Å². The maximum atomic E-state index is 14.1. The van der Waals surface area contributed by atoms with Gasteiger partial charge in [-0.05, 0) is 45.8 Å². The van der Waals surface area contributed by atoms with Crippen molar-refractivity contribution < 1.29 is 9.13 Å². The van der Waals surface area contributed by atoms with E-state index < -0.39 is 5.82 Å². The molecule has 0 aromatic heterocycles. The molecule has 3 N–H and O–H groups in total. The van der Waals surface area contributed by atoms with Crippen LogP contribution in [-0.4, -0.2) is 5.84 Å². The van der Waals surface area contributed by atoms with Crippen LogP contribution in [0.4, 0.5) is 4.39 Å². The normalized spacial score (nSPS) is 10.3. The average molecular weight is 402 g/mol. The molecule has 0 radical (unpaired) electrons. The smallest absolute Gasteiger partial charge is 0.179 e. The van der Waals surface area contributed by atoms with Gasteiger partial charge in [0.15, 0.2) is 11.6 Å². The summed E-state index contributed by atoms with van der Waals surface area (Å²) >= 11 is 6.43. The molecule has 0 atom stereocenters. The van der Waals surface area contributed by atoms with Gasteiger partial charge in [-0.25, -0.2) is 4.39 Å². The third-order valence-electron chi connectivity index (χ3n) is 2.64. The van der Waals surface area contributed by atoms with Crippen molar-refractivity contribution in [2.75, 3.05) is 0 Å². The lowest BCUT2D eigenvalue weighted by molar-refractivity contribution is 0.289. The molecule has 0 saturated carbocycles. The second-order valence-electron chi connectivity index (χ2n) is 4.07. The molecule has 0 unspecified atom stereocenters. The second-order valence-corrected chi connectivity index (χ2v) is 5.78. The quantitative estimate of drug-likeness (QED) is 0.595. The highest BCUT2D eigenvalue weighted by atomic mass is 79.9. The van der Waals surface area contributed by atoms with Crippen molar-refractivity contribution in [2.45, 2.75) is 6.61 Å². The standard InChI is InChI=1S/C14H11Br2FN2O/c15-9-3-1-8(2-4-9)7-20-11-6-5-10(14(18)19)12(16)13(11)17/h1-6H,7H2,(H3,18,19). The summed E-state index contributed by atoms with van der Waals surface area (Å²) < 4.78 is 20.6. The van der Waals surface area contributed by atoms with Crippen molar-refractivity contribution >= 4 is 37.7 Å². The summed E-state index contributed by atoms with van der Waals surface area (Å²) in [4.78, 5) is 0. The van der Waals surface area contributed by atoms with E-state index in [-0.39, 0.29) is 22.7 Å². The maximum absolute atomic E-state index is 14.1. The molecule has 3 nitrogen and oxygen atoms in total. The Kier molecular flexibility index (Phi) is 4.77. The van der Waals surface area contributed by atoms with Crippen molar-refractivity contribution in [1.82, 2.24) is 0 Å². The third kappa shape index (κ3) is 3.37. The van der Waals surface area contributed by atoms with Crippen LogP contribution < -0.4 is 10.5 Å². The molecule has 0 aliphatic heterocycles. The van der Waals surface area contributed by atoms with Gasteiger partial charge in [-0.3, -0.25) is 5.41 Å². The zero-order chi connectivity index (χ0) is 14.7. The van der Waals surface area contributed by atoms with Gasteiger partial charge in [0.25, 0.3) is 0 Å². The van der Waals surface area contributed by atoms with Gasteiger partial charge in [-0.2, -0.15) is 0 Å². The van der Waals surface area contributed by atoms with Gasteiger partial charge in [0, 0.05) is 10.0 Å². The van der Waals surface area contributed by atoms with Crippen molar-refractivity contribution in [3.05, 3.63) is 62.3 Å². The summed E-state index contributed by atoms with van der Waals surface area (Å²) in [5, 5.41) is 7.34. The molecule has 0 saturated heterocycles. The van der Waals surface area contributed by atoms with E-state index in [1.54, 1.807) is 6.07 Å². The number of amidine groups is 1. The molecule has 0 aliphatic rings. The number of rotatable bonds is 4. The summed E-state index contributed by atoms with van der Waals surface area (Å²) in [5.41, 5.74) is 6.59. The molecule has 0 spiro atoms. The Hall–Kier alpha value is -1.40. The van der Waals surface area contributed by atoms with E-state index in [1.165, 1.54) is 6.07 Å². The fourth-order valence-corrected chi connectivity index (χ4v) is 2.40. The topological polar surface area (TPSA) is 59.1 Å². The van der Waals surface area contributed by atoms with Gasteiger partial charge in [0.05, 0.1) is 4.47 Å². The minimum absolute atomic E-state index is 0.116. The fourth-order valence-electron chi connectivity index (χ4n) is 1.59. The Bertz CT molecular complexity index is 644. The maximum Gasteiger partial charge on any atom is 0.179 e. The van der Waals surface area contributed by atoms with Crippen LogP contribution in [0.3, 0.4) is 0 Å². The molecule has 0 fully saturated rings. The molecule has 0 amide bonds. The first-order valence-electron chi connectivity index (χ1n) is 5.68. The molecule has 20 heavy (non-hydrogen) atoms. The van der Waals surface area contributed by atoms with Crippen LogP contribution in [0, 0.1) is 11.2 Å². The minimum Gasteiger partial charge on any atom is -0.486 e. The highest BCUT2D eigenvalue weighted by Crippen LogP contribution is 2.29. The number of nitrogens with one attached hydrogen (secondary N) is 1. The number of nitrogens with two attached hydrogens (primary N) is 1. The lowest BCUT2D eigenvalue weighted by atomic mass is 10.2. The Morgan fingerprint density at radius 3 is 2.40 bits per heavy atom. The summed E-state index contributed by atoms with van der Waals surface area (Å²) in [6.07, 6.45) is 0. The van der Waals surface area contributed by atoms with Crippen molar-refractivity contribution in [3.8, 4) is 5.75 Å². The molecule has 0 bridgehead atoms. The summed E-state index contributed by atoms with van der Waals surface area (Å²) in [7, 11) is 0. The molecule has 6 heteroatoms. The Morgan fingerprint density at radius 1 is 1.15 bits per heavy atom. The van der Waals surface area contributed by atoms with Gasteiger partial charge in [-0.1, -0.05) is 28.1 Å². The molecule has 2 aromatic rings. The number of nitrogen functional groups attached to an aromatic ring is 1. The molecule has 0 aliphatic carbocycles. The molecular weight excluding hydrogens is 391 g/mol. The lowest BCUT2D eigenvalue weighted by Crippen LogP contribution is -2.12. The van der Waals surface area contributed by atoms with Crippen LogP contribution in [0.25, 0.3) is 0 Å². The molecule has 0 heterocycles. The fraction of sp³-hybridized carbons (Fsp3) is 0.0714. The highest BCUT2D eigenvalue weighted by molar-refractivity contribution is 9.10. The average Bonchev–Trinajstić information content (AvgIpc) is 2.42. The van der Waals surface area contributed by atoms with E-state index in [9.17, 15) is 4.39 Å². The van der Waals surface area contributed by atoms with E-state index in [0.29, 0.717) is 5.56 Å². The Balaban J connectivity index is 2.16. The van der Waals surface area contributed by atoms with Crippen molar-refractivity contribution in [3.63, 3.8) is 0 Å². The summed E-state index contributed by atoms with van der Waals surface area (Å²) in [6.45, 7) is 0.260. The first-order valence-corrected chi connectivity index (χ1v) is 7.27. The minimum atomic E-state index is -0.560. The lowest BCUT2D eigenvalue weighted by Gasteiger charge is -2.10. The van der Waals surface area contributed by atoms with Crippen molar-refractivity contribution in [1.29, 1.82) is 5.41 Å². The molecular formula is C14H11Br2FN2O. The third-order valence-corrected chi connectivity index (χ3v) is 3.95. The monoisotopic (exact) mass is 400 g/mol. The van der Waals surface area contributed by atoms with Crippen LogP contribution in [0.15, 0.2) is 45.3 Å². The number of benzene rings is 2. The zero-order valence-electron chi connectivity index (χ0n) is 10.3. The molecule has 2 aromatic carbocycles. The van der Waals surface area contributed by atoms with Crippen LogP contribution in [0.5, 0.6) is 5.75 Å². The van der Waals surface area contributed by atoms with E-state index in [1.807, 2.05) is 24.3 Å². The molecule has 2 rings (SSSR count). The van der Waals surface area contributed by atoms with Gasteiger partial charge < -0.3 is 10.5 Å². The first-order chi connectivity index (χ1) is 9.49. The summed E-state index contributed by atoms with van der Waals surface area (Å²) in [5.74, 6) is -0.644. The Labute approximate surface area is 132 Å². The van der Waals surface area contributed by atoms with E-state index in [0.717, 1.165) is 10.0 Å². The molecule has 104 valence electrons. The second kappa shape index (κ2) is 6.37.